The molecule has 0 spiro atoms. The van der Waals surface area contributed by atoms with Crippen molar-refractivity contribution in [3.63, 3.8) is 0 Å². The molecule has 3 N–H and O–H groups in total. The van der Waals surface area contributed by atoms with Gasteiger partial charge < -0.3 is 15.3 Å². The minimum atomic E-state index is -1.51. The summed E-state index contributed by atoms with van der Waals surface area (Å²) in [5, 5.41) is 29.0. The number of phenols is 2. The van der Waals surface area contributed by atoms with Crippen molar-refractivity contribution in [3.8, 4) is 11.5 Å². The van der Waals surface area contributed by atoms with Crippen LogP contribution in [0.4, 0.5) is 0 Å². The average molecular weight is 244 g/mol. The molecular weight excluding hydrogens is 228 g/mol. The van der Waals surface area contributed by atoms with Gasteiger partial charge in [-0.15, -0.1) is 0 Å². The third kappa shape index (κ3) is 2.52. The molecule has 3 nitrogen and oxygen atoms in total. The molecule has 0 saturated heterocycles. The summed E-state index contributed by atoms with van der Waals surface area (Å²) >= 11 is 0. The van der Waals surface area contributed by atoms with Crippen molar-refractivity contribution in [2.45, 2.75) is 0 Å². The summed E-state index contributed by atoms with van der Waals surface area (Å²) in [5.41, 5.74) is 1.07. The molecule has 2 rings (SSSR count). The number of hydrogen-bond donors (Lipinski definition) is 3. The van der Waals surface area contributed by atoms with Crippen LogP contribution in [0.15, 0.2) is 48.5 Å². The van der Waals surface area contributed by atoms with Crippen LogP contribution in [0.2, 0.25) is 0 Å². The second kappa shape index (κ2) is 5.38. The second-order valence-corrected chi connectivity index (χ2v) is 3.80. The Morgan fingerprint density at radius 2 is 1.61 bits per heavy atom. The third-order valence-electron chi connectivity index (χ3n) is 2.60. The maximum Gasteiger partial charge on any atom is 0.123 e. The molecule has 18 heavy (non-hydrogen) atoms. The van der Waals surface area contributed by atoms with Crippen LogP contribution < -0.4 is 0 Å². The molecule has 0 aliphatic heterocycles. The Morgan fingerprint density at radius 1 is 1.00 bits per heavy atom. The number of rotatable bonds is 3. The Kier molecular flexibility index (Phi) is 3.25. The van der Waals surface area contributed by atoms with E-state index < -0.39 is 6.58 Å². The van der Waals surface area contributed by atoms with Crippen molar-refractivity contribution >= 4 is 11.6 Å². The monoisotopic (exact) mass is 244 g/mol. The van der Waals surface area contributed by atoms with E-state index in [1.54, 1.807) is 36.4 Å². The van der Waals surface area contributed by atoms with Crippen molar-refractivity contribution in [3.05, 3.63) is 59.7 Å². The zero-order valence-corrected chi connectivity index (χ0v) is 9.62. The smallest absolute Gasteiger partial charge is 0.123 e. The van der Waals surface area contributed by atoms with Gasteiger partial charge in [0.15, 0.2) is 0 Å². The highest BCUT2D eigenvalue weighted by Gasteiger charge is 2.06. The van der Waals surface area contributed by atoms with Crippen LogP contribution in [0, 0.1) is 0 Å². The summed E-state index contributed by atoms with van der Waals surface area (Å²) in [7, 11) is 0. The van der Waals surface area contributed by atoms with Gasteiger partial charge in [0.1, 0.15) is 11.5 Å². The maximum atomic E-state index is 9.78. The van der Waals surface area contributed by atoms with Gasteiger partial charge in [0.25, 0.3) is 0 Å². The second-order valence-electron chi connectivity index (χ2n) is 3.80. The molecule has 0 amide bonds. The molecule has 0 saturated carbocycles. The van der Waals surface area contributed by atoms with E-state index in [1.807, 2.05) is 0 Å². The minimum Gasteiger partial charge on any atom is -0.507 e. The lowest BCUT2D eigenvalue weighted by molar-refractivity contribution is 0.350. The summed E-state index contributed by atoms with van der Waals surface area (Å²) in [4.78, 5) is 0. The quantitative estimate of drug-likeness (QED) is 0.727. The zero-order chi connectivity index (χ0) is 13.8. The van der Waals surface area contributed by atoms with Gasteiger partial charge in [-0.1, -0.05) is 36.4 Å². The Bertz CT molecular complexity index is 606. The van der Waals surface area contributed by atoms with Crippen LogP contribution in [0.5, 0.6) is 11.5 Å². The van der Waals surface area contributed by atoms with Crippen LogP contribution in [0.25, 0.3) is 11.6 Å². The van der Waals surface area contributed by atoms with Crippen LogP contribution in [0.3, 0.4) is 0 Å². The standard InChI is InChI=1S/C15H14O3/c16-10-12(13-6-2-4-8-15(13)18)9-11-5-1-3-7-14(11)17/h1-9,16-18H,10H2/i10T. The van der Waals surface area contributed by atoms with E-state index in [1.165, 1.54) is 18.2 Å². The summed E-state index contributed by atoms with van der Waals surface area (Å²) in [6, 6.07) is 13.1. The summed E-state index contributed by atoms with van der Waals surface area (Å²) in [5.74, 6) is 0.0338. The van der Waals surface area contributed by atoms with Gasteiger partial charge in [-0.2, -0.15) is 0 Å². The normalized spacial score (nSPS) is 14.1. The van der Waals surface area contributed by atoms with Crippen molar-refractivity contribution in [2.75, 3.05) is 6.58 Å². The molecule has 2 aromatic carbocycles. The molecule has 0 bridgehead atoms. The minimum absolute atomic E-state index is 0.0181. The average Bonchev–Trinajstić information content (AvgIpc) is 2.38. The van der Waals surface area contributed by atoms with E-state index in [0.717, 1.165) is 0 Å². The van der Waals surface area contributed by atoms with Gasteiger partial charge in [0, 0.05) is 11.1 Å². The first-order valence-electron chi connectivity index (χ1n) is 6.05. The van der Waals surface area contributed by atoms with Crippen molar-refractivity contribution in [1.82, 2.24) is 0 Å². The fourth-order valence-electron chi connectivity index (χ4n) is 1.68. The predicted molar refractivity (Wildman–Crippen MR) is 71.2 cm³/mol. The van der Waals surface area contributed by atoms with E-state index in [4.69, 9.17) is 1.37 Å². The molecule has 1 unspecified atom stereocenters. The SMILES string of the molecule is [3H]C(O)C(=Cc1ccccc1O)c1ccccc1O. The third-order valence-corrected chi connectivity index (χ3v) is 2.60. The molecule has 0 aliphatic rings. The molecule has 92 valence electrons. The number of aliphatic hydroxyl groups excluding tert-OH is 1. The highest BCUT2D eigenvalue weighted by Crippen LogP contribution is 2.28. The molecular formula is C15H14O3. The van der Waals surface area contributed by atoms with Crippen LogP contribution in [-0.2, 0) is 0 Å². The number of hydrogen-bond acceptors (Lipinski definition) is 3. The molecule has 0 fully saturated rings. The summed E-state index contributed by atoms with van der Waals surface area (Å²) in [6.45, 7) is -1.51. The van der Waals surface area contributed by atoms with Gasteiger partial charge in [-0.25, -0.2) is 0 Å². The topological polar surface area (TPSA) is 60.7 Å². The van der Waals surface area contributed by atoms with Crippen molar-refractivity contribution < 1.29 is 16.7 Å². The van der Waals surface area contributed by atoms with Gasteiger partial charge in [0.2, 0.25) is 0 Å². The Morgan fingerprint density at radius 3 is 2.22 bits per heavy atom. The summed E-state index contributed by atoms with van der Waals surface area (Å²) < 4.78 is 7.48. The fraction of sp³-hybridized carbons (Fsp3) is 0.0667. The van der Waals surface area contributed by atoms with Crippen LogP contribution in [0.1, 0.15) is 12.5 Å². The lowest BCUT2D eigenvalue weighted by Gasteiger charge is -2.07. The molecule has 0 aliphatic carbocycles. The van der Waals surface area contributed by atoms with Gasteiger partial charge in [-0.05, 0) is 23.8 Å². The van der Waals surface area contributed by atoms with Gasteiger partial charge in [-0.3, -0.25) is 0 Å². The molecule has 0 heterocycles. The van der Waals surface area contributed by atoms with Crippen LogP contribution >= 0.6 is 0 Å². The first-order valence-corrected chi connectivity index (χ1v) is 5.48. The van der Waals surface area contributed by atoms with E-state index >= 15 is 0 Å². The lowest BCUT2D eigenvalue weighted by atomic mass is 10.0. The first kappa shape index (κ1) is 10.9. The van der Waals surface area contributed by atoms with Gasteiger partial charge >= 0.3 is 0 Å². The number of aromatic hydroxyl groups is 2. The van der Waals surface area contributed by atoms with E-state index in [9.17, 15) is 15.3 Å². The van der Waals surface area contributed by atoms with E-state index in [0.29, 0.717) is 11.1 Å². The maximum absolute atomic E-state index is 9.78. The van der Waals surface area contributed by atoms with E-state index in [2.05, 4.69) is 0 Å². The van der Waals surface area contributed by atoms with E-state index in [-0.39, 0.29) is 17.1 Å². The van der Waals surface area contributed by atoms with Gasteiger partial charge in [0.05, 0.1) is 7.95 Å². The zero-order valence-electron chi connectivity index (χ0n) is 10.6. The molecule has 2 aromatic rings. The van der Waals surface area contributed by atoms with Crippen molar-refractivity contribution in [2.24, 2.45) is 0 Å². The fourth-order valence-corrected chi connectivity index (χ4v) is 1.68. The number of phenolic OH excluding ortho intramolecular Hbond substituents is 2. The molecule has 3 heteroatoms. The Hall–Kier alpha value is -2.26. The Labute approximate surface area is 107 Å². The molecule has 0 radical (unpaired) electrons. The molecule has 1 atom stereocenters. The largest absolute Gasteiger partial charge is 0.507 e. The first-order chi connectivity index (χ1) is 9.09. The summed E-state index contributed by atoms with van der Waals surface area (Å²) in [6.07, 6.45) is 1.49. The number of benzene rings is 2. The number of aliphatic hydroxyl groups is 1. The van der Waals surface area contributed by atoms with Crippen LogP contribution in [-0.4, -0.2) is 21.9 Å². The van der Waals surface area contributed by atoms with Crippen molar-refractivity contribution in [1.29, 1.82) is 0 Å². The lowest BCUT2D eigenvalue weighted by Crippen LogP contribution is -1.91. The predicted octanol–water partition coefficient (Wildman–Crippen LogP) is 2.63. The highest BCUT2D eigenvalue weighted by atomic mass is 16.3. The number of para-hydroxylation sites is 2. The molecule has 0 aromatic heterocycles. The highest BCUT2D eigenvalue weighted by molar-refractivity contribution is 5.85. The Balaban J connectivity index is 2.54.